The molecule has 0 spiro atoms. The largest absolute Gasteiger partial charge is 0.507 e. The molecule has 0 aliphatic heterocycles. The van der Waals surface area contributed by atoms with Crippen molar-refractivity contribution in [3.05, 3.63) is 63.6 Å². The third-order valence-electron chi connectivity index (χ3n) is 5.14. The van der Waals surface area contributed by atoms with Crippen LogP contribution in [0, 0.1) is 18.8 Å². The monoisotopic (exact) mass is 369 g/mol. The van der Waals surface area contributed by atoms with Crippen molar-refractivity contribution >= 4 is 5.69 Å². The number of hydrogen-bond acceptors (Lipinski definition) is 5. The van der Waals surface area contributed by atoms with Gasteiger partial charge in [-0.3, -0.25) is 0 Å². The SMILES string of the molecule is Cc1cccc(CN)c1N=O.Cc1cccc(CNC2CCCCC2)c1O. The molecule has 0 heterocycles. The van der Waals surface area contributed by atoms with Crippen molar-refractivity contribution in [2.45, 2.75) is 65.1 Å². The Hall–Kier alpha value is -2.24. The molecule has 27 heavy (non-hydrogen) atoms. The molecule has 0 aromatic heterocycles. The molecule has 0 saturated heterocycles. The van der Waals surface area contributed by atoms with Gasteiger partial charge in [0.25, 0.3) is 0 Å². The lowest BCUT2D eigenvalue weighted by atomic mass is 9.95. The summed E-state index contributed by atoms with van der Waals surface area (Å²) in [4.78, 5) is 10.3. The number of nitrogens with one attached hydrogen (secondary N) is 1. The summed E-state index contributed by atoms with van der Waals surface area (Å²) >= 11 is 0. The van der Waals surface area contributed by atoms with Crippen molar-refractivity contribution < 1.29 is 5.11 Å². The quantitative estimate of drug-likeness (QED) is 0.649. The summed E-state index contributed by atoms with van der Waals surface area (Å²) in [5, 5.41) is 16.3. The second-order valence-corrected chi connectivity index (χ2v) is 7.18. The first-order valence-corrected chi connectivity index (χ1v) is 9.69. The van der Waals surface area contributed by atoms with E-state index < -0.39 is 0 Å². The summed E-state index contributed by atoms with van der Waals surface area (Å²) in [6.07, 6.45) is 6.64. The zero-order chi connectivity index (χ0) is 19.6. The molecule has 0 amide bonds. The minimum Gasteiger partial charge on any atom is -0.507 e. The van der Waals surface area contributed by atoms with Gasteiger partial charge in [0.05, 0.1) is 0 Å². The fourth-order valence-electron chi connectivity index (χ4n) is 3.44. The summed E-state index contributed by atoms with van der Waals surface area (Å²) in [6, 6.07) is 12.1. The third-order valence-corrected chi connectivity index (χ3v) is 5.14. The molecule has 5 heteroatoms. The lowest BCUT2D eigenvalue weighted by Crippen LogP contribution is -2.30. The number of aryl methyl sites for hydroxylation is 2. The van der Waals surface area contributed by atoms with Crippen LogP contribution in [0.1, 0.15) is 54.4 Å². The highest BCUT2D eigenvalue weighted by Gasteiger charge is 2.13. The summed E-state index contributed by atoms with van der Waals surface area (Å²) in [5.74, 6) is 0.450. The molecule has 0 unspecified atom stereocenters. The molecule has 2 aromatic carbocycles. The van der Waals surface area contributed by atoms with E-state index in [2.05, 4.69) is 10.5 Å². The lowest BCUT2D eigenvalue weighted by Gasteiger charge is -2.23. The summed E-state index contributed by atoms with van der Waals surface area (Å²) in [5.41, 5.74) is 9.54. The van der Waals surface area contributed by atoms with Crippen LogP contribution in [0.25, 0.3) is 0 Å². The van der Waals surface area contributed by atoms with E-state index in [1.165, 1.54) is 32.1 Å². The van der Waals surface area contributed by atoms with Crippen molar-refractivity contribution in [1.29, 1.82) is 0 Å². The maximum atomic E-state index is 10.3. The number of aromatic hydroxyl groups is 1. The number of phenols is 1. The topological polar surface area (TPSA) is 87.7 Å². The highest BCUT2D eigenvalue weighted by atomic mass is 16.3. The van der Waals surface area contributed by atoms with Crippen LogP contribution in [0.4, 0.5) is 5.69 Å². The third kappa shape index (κ3) is 6.15. The van der Waals surface area contributed by atoms with Crippen LogP contribution in [0.2, 0.25) is 0 Å². The molecule has 2 aromatic rings. The summed E-state index contributed by atoms with van der Waals surface area (Å²) < 4.78 is 0. The smallest absolute Gasteiger partial charge is 0.122 e. The predicted octanol–water partition coefficient (Wildman–Crippen LogP) is 4.97. The molecular formula is C22H31N3O2. The molecular weight excluding hydrogens is 338 g/mol. The van der Waals surface area contributed by atoms with E-state index in [0.29, 0.717) is 24.0 Å². The zero-order valence-corrected chi connectivity index (χ0v) is 16.4. The lowest BCUT2D eigenvalue weighted by molar-refractivity contribution is 0.368. The van der Waals surface area contributed by atoms with Gasteiger partial charge in [-0.15, -0.1) is 4.91 Å². The molecule has 4 N–H and O–H groups in total. The molecule has 146 valence electrons. The van der Waals surface area contributed by atoms with Crippen LogP contribution >= 0.6 is 0 Å². The van der Waals surface area contributed by atoms with Gasteiger partial charge in [-0.1, -0.05) is 55.7 Å². The fourth-order valence-corrected chi connectivity index (χ4v) is 3.44. The molecule has 0 atom stereocenters. The highest BCUT2D eigenvalue weighted by molar-refractivity contribution is 5.52. The molecule has 0 radical (unpaired) electrons. The van der Waals surface area contributed by atoms with Gasteiger partial charge in [-0.25, -0.2) is 0 Å². The second-order valence-electron chi connectivity index (χ2n) is 7.18. The molecule has 5 nitrogen and oxygen atoms in total. The van der Waals surface area contributed by atoms with Gasteiger partial charge >= 0.3 is 0 Å². The van der Waals surface area contributed by atoms with Crippen LogP contribution in [0.5, 0.6) is 5.75 Å². The number of nitrogens with zero attached hydrogens (tertiary/aromatic N) is 1. The summed E-state index contributed by atoms with van der Waals surface area (Å²) in [6.45, 7) is 4.94. The number of benzene rings is 2. The van der Waals surface area contributed by atoms with E-state index in [1.807, 2.05) is 50.2 Å². The molecule has 0 bridgehead atoms. The maximum absolute atomic E-state index is 10.3. The van der Waals surface area contributed by atoms with Gasteiger partial charge in [0, 0.05) is 24.7 Å². The first-order chi connectivity index (χ1) is 13.1. The van der Waals surface area contributed by atoms with Crippen molar-refractivity contribution in [3.63, 3.8) is 0 Å². The zero-order valence-electron chi connectivity index (χ0n) is 16.4. The van der Waals surface area contributed by atoms with Crippen LogP contribution in [-0.4, -0.2) is 11.1 Å². The highest BCUT2D eigenvalue weighted by Crippen LogP contribution is 2.23. The van der Waals surface area contributed by atoms with E-state index in [-0.39, 0.29) is 0 Å². The van der Waals surface area contributed by atoms with Crippen LogP contribution < -0.4 is 11.1 Å². The first kappa shape index (κ1) is 21.1. The Morgan fingerprint density at radius 1 is 1.04 bits per heavy atom. The normalized spacial score (nSPS) is 14.3. The van der Waals surface area contributed by atoms with Gasteiger partial charge in [-0.05, 0) is 48.6 Å². The molecule has 1 saturated carbocycles. The van der Waals surface area contributed by atoms with E-state index in [1.54, 1.807) is 0 Å². The number of nitrogens with two attached hydrogens (primary N) is 1. The van der Waals surface area contributed by atoms with Crippen molar-refractivity contribution in [3.8, 4) is 5.75 Å². The van der Waals surface area contributed by atoms with E-state index in [4.69, 9.17) is 5.73 Å². The number of rotatable bonds is 5. The van der Waals surface area contributed by atoms with Gasteiger partial charge in [0.2, 0.25) is 0 Å². The Morgan fingerprint density at radius 2 is 1.67 bits per heavy atom. The van der Waals surface area contributed by atoms with Crippen LogP contribution in [0.15, 0.2) is 41.6 Å². The van der Waals surface area contributed by atoms with E-state index >= 15 is 0 Å². The van der Waals surface area contributed by atoms with E-state index in [0.717, 1.165) is 28.8 Å². The molecule has 3 rings (SSSR count). The molecule has 1 aliphatic carbocycles. The van der Waals surface area contributed by atoms with Crippen molar-refractivity contribution in [2.75, 3.05) is 0 Å². The van der Waals surface area contributed by atoms with Gasteiger partial charge in [-0.2, -0.15) is 0 Å². The Bertz CT molecular complexity index is 740. The van der Waals surface area contributed by atoms with E-state index in [9.17, 15) is 10.0 Å². The average molecular weight is 370 g/mol. The molecule has 1 fully saturated rings. The Balaban J connectivity index is 0.000000208. The maximum Gasteiger partial charge on any atom is 0.122 e. The number of hydrogen-bond donors (Lipinski definition) is 3. The van der Waals surface area contributed by atoms with Crippen molar-refractivity contribution in [1.82, 2.24) is 5.32 Å². The fraction of sp³-hybridized carbons (Fsp3) is 0.455. The standard InChI is InChI=1S/C14H21NO.C8H10N2O/c1-11-6-5-7-12(14(11)16)10-15-13-8-3-2-4-9-13;1-6-3-2-4-7(5-9)8(6)10-11/h5-7,13,15-16H,2-4,8-10H2,1H3;2-4H,5,9H2,1H3. The average Bonchev–Trinajstić information content (AvgIpc) is 2.70. The Labute approximate surface area is 162 Å². The Kier molecular flexibility index (Phi) is 8.43. The van der Waals surface area contributed by atoms with Crippen LogP contribution in [0.3, 0.4) is 0 Å². The minimum atomic E-state index is 0.364. The van der Waals surface area contributed by atoms with Crippen LogP contribution in [-0.2, 0) is 13.1 Å². The van der Waals surface area contributed by atoms with Gasteiger partial charge in [0.15, 0.2) is 0 Å². The number of para-hydroxylation sites is 1. The number of phenolic OH excluding ortho intramolecular Hbond substituents is 1. The second kappa shape index (κ2) is 10.8. The van der Waals surface area contributed by atoms with Gasteiger partial charge in [0.1, 0.15) is 11.4 Å². The predicted molar refractivity (Wildman–Crippen MR) is 111 cm³/mol. The number of nitroso groups, excluding NO2 is 1. The van der Waals surface area contributed by atoms with Crippen molar-refractivity contribution in [2.24, 2.45) is 10.9 Å². The Morgan fingerprint density at radius 3 is 2.26 bits per heavy atom. The minimum absolute atomic E-state index is 0.364. The van der Waals surface area contributed by atoms with Gasteiger partial charge < -0.3 is 16.2 Å². The summed E-state index contributed by atoms with van der Waals surface area (Å²) in [7, 11) is 0. The molecule has 1 aliphatic rings. The first-order valence-electron chi connectivity index (χ1n) is 9.69.